The third-order valence-electron chi connectivity index (χ3n) is 5.09. The van der Waals surface area contributed by atoms with Crippen molar-refractivity contribution in [1.29, 1.82) is 0 Å². The van der Waals surface area contributed by atoms with Crippen molar-refractivity contribution in [2.45, 2.75) is 25.2 Å². The van der Waals surface area contributed by atoms with Crippen molar-refractivity contribution in [1.82, 2.24) is 15.2 Å². The van der Waals surface area contributed by atoms with E-state index in [0.717, 1.165) is 5.56 Å². The van der Waals surface area contributed by atoms with Crippen LogP contribution in [0.1, 0.15) is 22.3 Å². The zero-order chi connectivity index (χ0) is 19.7. The molecule has 1 aliphatic heterocycles. The number of alkyl halides is 1. The molecule has 2 heterocycles. The minimum absolute atomic E-state index is 0.206. The van der Waals surface area contributed by atoms with Crippen molar-refractivity contribution in [3.63, 3.8) is 0 Å². The molecular weight excluding hydrogens is 384 g/mol. The van der Waals surface area contributed by atoms with Gasteiger partial charge in [-0.15, -0.1) is 0 Å². The number of halogens is 3. The summed E-state index contributed by atoms with van der Waals surface area (Å²) in [4.78, 5) is 12.8. The molecule has 2 aromatic carbocycles. The van der Waals surface area contributed by atoms with E-state index in [0.29, 0.717) is 30.0 Å². The van der Waals surface area contributed by atoms with Crippen LogP contribution in [0.25, 0.3) is 10.9 Å². The maximum Gasteiger partial charge on any atom is 0.253 e. The molecule has 1 fully saturated rings. The number of fused-ring (bicyclic) bond motifs is 1. The van der Waals surface area contributed by atoms with Crippen molar-refractivity contribution in [3.8, 4) is 0 Å². The largest absolute Gasteiger partial charge is 0.346 e. The Labute approximate surface area is 166 Å². The molecule has 0 spiro atoms. The Bertz CT molecular complexity index is 1000. The van der Waals surface area contributed by atoms with Crippen LogP contribution in [-0.4, -0.2) is 35.8 Å². The number of amides is 1. The fraction of sp³-hybridized carbons (Fsp3) is 0.286. The number of nitrogens with zero attached hydrogens (tertiary/aromatic N) is 1. The van der Waals surface area contributed by atoms with Crippen LogP contribution in [0.5, 0.6) is 0 Å². The van der Waals surface area contributed by atoms with Crippen molar-refractivity contribution in [2.75, 3.05) is 13.1 Å². The van der Waals surface area contributed by atoms with Gasteiger partial charge < -0.3 is 15.2 Å². The quantitative estimate of drug-likeness (QED) is 0.693. The Balaban J connectivity index is 1.68. The van der Waals surface area contributed by atoms with E-state index in [1.807, 2.05) is 16.7 Å². The molecule has 2 N–H and O–H groups in total. The molecule has 4 nitrogen and oxygen atoms in total. The van der Waals surface area contributed by atoms with E-state index in [9.17, 15) is 13.6 Å². The highest BCUT2D eigenvalue weighted by molar-refractivity contribution is 6.30. The first-order chi connectivity index (χ1) is 13.5. The SMILES string of the molecule is O=C(NC1CCNCC1F)c1cn(Cc2ccc(Cl)cc2)c2cccc(F)c12. The lowest BCUT2D eigenvalue weighted by Gasteiger charge is -2.27. The predicted octanol–water partition coefficient (Wildman–Crippen LogP) is 3.91. The van der Waals surface area contributed by atoms with Crippen LogP contribution in [0.2, 0.25) is 5.02 Å². The van der Waals surface area contributed by atoms with Crippen molar-refractivity contribution < 1.29 is 13.6 Å². The van der Waals surface area contributed by atoms with Crippen LogP contribution in [0, 0.1) is 5.82 Å². The maximum atomic E-state index is 14.6. The number of nitrogens with one attached hydrogen (secondary N) is 2. The molecule has 1 aliphatic rings. The van der Waals surface area contributed by atoms with Gasteiger partial charge in [0.15, 0.2) is 0 Å². The van der Waals surface area contributed by atoms with Gasteiger partial charge in [-0.05, 0) is 42.8 Å². The van der Waals surface area contributed by atoms with E-state index in [-0.39, 0.29) is 17.5 Å². The molecular formula is C21H20ClF2N3O. The minimum atomic E-state index is -1.16. The highest BCUT2D eigenvalue weighted by atomic mass is 35.5. The van der Waals surface area contributed by atoms with Gasteiger partial charge in [0.2, 0.25) is 0 Å². The molecule has 28 heavy (non-hydrogen) atoms. The second-order valence-corrected chi connectivity index (χ2v) is 7.46. The van der Waals surface area contributed by atoms with Gasteiger partial charge in [-0.3, -0.25) is 4.79 Å². The van der Waals surface area contributed by atoms with Gasteiger partial charge in [-0.25, -0.2) is 8.78 Å². The third-order valence-corrected chi connectivity index (χ3v) is 5.34. The molecule has 4 rings (SSSR count). The van der Waals surface area contributed by atoms with Crippen LogP contribution >= 0.6 is 11.6 Å². The lowest BCUT2D eigenvalue weighted by Crippen LogP contribution is -2.50. The van der Waals surface area contributed by atoms with Crippen molar-refractivity contribution >= 4 is 28.4 Å². The predicted molar refractivity (Wildman–Crippen MR) is 106 cm³/mol. The molecule has 1 amide bonds. The van der Waals surface area contributed by atoms with Gasteiger partial charge >= 0.3 is 0 Å². The highest BCUT2D eigenvalue weighted by Crippen LogP contribution is 2.26. The number of hydrogen-bond acceptors (Lipinski definition) is 2. The normalized spacial score (nSPS) is 19.7. The van der Waals surface area contributed by atoms with Gasteiger partial charge in [-0.2, -0.15) is 0 Å². The van der Waals surface area contributed by atoms with Gasteiger partial charge in [0.05, 0.1) is 17.1 Å². The minimum Gasteiger partial charge on any atom is -0.346 e. The van der Waals surface area contributed by atoms with Crippen LogP contribution in [0.4, 0.5) is 8.78 Å². The molecule has 1 aromatic heterocycles. The van der Waals surface area contributed by atoms with Crippen molar-refractivity contribution in [3.05, 3.63) is 70.6 Å². The summed E-state index contributed by atoms with van der Waals surface area (Å²) in [6.45, 7) is 1.30. The zero-order valence-electron chi connectivity index (χ0n) is 15.1. The molecule has 0 saturated carbocycles. The summed E-state index contributed by atoms with van der Waals surface area (Å²) in [7, 11) is 0. The smallest absolute Gasteiger partial charge is 0.253 e. The molecule has 0 aliphatic carbocycles. The molecule has 0 bridgehead atoms. The summed E-state index contributed by atoms with van der Waals surface area (Å²) in [6, 6.07) is 11.5. The monoisotopic (exact) mass is 403 g/mol. The van der Waals surface area contributed by atoms with E-state index in [1.54, 1.807) is 30.5 Å². The van der Waals surface area contributed by atoms with E-state index in [2.05, 4.69) is 10.6 Å². The average molecular weight is 404 g/mol. The molecule has 146 valence electrons. The molecule has 0 radical (unpaired) electrons. The first-order valence-electron chi connectivity index (χ1n) is 9.20. The summed E-state index contributed by atoms with van der Waals surface area (Å²) in [5, 5.41) is 6.57. The zero-order valence-corrected chi connectivity index (χ0v) is 15.8. The number of carbonyl (C=O) groups is 1. The van der Waals surface area contributed by atoms with E-state index >= 15 is 0 Å². The van der Waals surface area contributed by atoms with E-state index in [4.69, 9.17) is 11.6 Å². The summed E-state index contributed by atoms with van der Waals surface area (Å²) in [6.07, 6.45) is 0.968. The Morgan fingerprint density at radius 1 is 1.25 bits per heavy atom. The van der Waals surface area contributed by atoms with Crippen molar-refractivity contribution in [2.24, 2.45) is 0 Å². The van der Waals surface area contributed by atoms with Crippen LogP contribution < -0.4 is 10.6 Å². The fourth-order valence-electron chi connectivity index (χ4n) is 3.63. The van der Waals surface area contributed by atoms with Crippen LogP contribution in [0.3, 0.4) is 0 Å². The molecule has 7 heteroatoms. The Kier molecular flexibility index (Phi) is 5.33. The number of carbonyl (C=O) groups excluding carboxylic acids is 1. The molecule has 3 aromatic rings. The lowest BCUT2D eigenvalue weighted by molar-refractivity contribution is 0.0893. The van der Waals surface area contributed by atoms with Gasteiger partial charge in [-0.1, -0.05) is 29.8 Å². The number of hydrogen-bond donors (Lipinski definition) is 2. The topological polar surface area (TPSA) is 46.1 Å². The summed E-state index contributed by atoms with van der Waals surface area (Å²) < 4.78 is 30.5. The van der Waals surface area contributed by atoms with E-state index < -0.39 is 23.9 Å². The number of rotatable bonds is 4. The standard InChI is InChI=1S/C21H20ClF2N3O/c22-14-6-4-13(5-7-14)11-27-12-15(20-16(23)2-1-3-19(20)27)21(28)26-18-8-9-25-10-17(18)24/h1-7,12,17-18,25H,8-11H2,(H,26,28). The third kappa shape index (κ3) is 3.75. The second kappa shape index (κ2) is 7.89. The summed E-state index contributed by atoms with van der Waals surface area (Å²) in [5.74, 6) is -0.931. The number of aromatic nitrogens is 1. The van der Waals surface area contributed by atoms with Gasteiger partial charge in [0, 0.05) is 29.7 Å². The van der Waals surface area contributed by atoms with Crippen LogP contribution in [-0.2, 0) is 6.54 Å². The first-order valence-corrected chi connectivity index (χ1v) is 9.58. The number of benzene rings is 2. The number of piperidine rings is 1. The Hall–Kier alpha value is -2.44. The fourth-order valence-corrected chi connectivity index (χ4v) is 3.75. The lowest BCUT2D eigenvalue weighted by atomic mass is 10.0. The molecule has 1 saturated heterocycles. The maximum absolute atomic E-state index is 14.6. The average Bonchev–Trinajstić information content (AvgIpc) is 3.05. The second-order valence-electron chi connectivity index (χ2n) is 7.02. The van der Waals surface area contributed by atoms with Gasteiger partial charge in [0.1, 0.15) is 12.0 Å². The first kappa shape index (κ1) is 18.9. The Morgan fingerprint density at radius 3 is 2.79 bits per heavy atom. The summed E-state index contributed by atoms with van der Waals surface area (Å²) in [5.41, 5.74) is 1.80. The highest BCUT2D eigenvalue weighted by Gasteiger charge is 2.28. The van der Waals surface area contributed by atoms with E-state index in [1.165, 1.54) is 6.07 Å². The molecule has 2 unspecified atom stereocenters. The summed E-state index contributed by atoms with van der Waals surface area (Å²) >= 11 is 5.94. The molecule has 2 atom stereocenters. The van der Waals surface area contributed by atoms with Crippen LogP contribution in [0.15, 0.2) is 48.7 Å². The Morgan fingerprint density at radius 2 is 2.04 bits per heavy atom. The van der Waals surface area contributed by atoms with Gasteiger partial charge in [0.25, 0.3) is 5.91 Å².